The molecule has 0 aliphatic heterocycles. The Labute approximate surface area is 85.7 Å². The Kier molecular flexibility index (Phi) is 4.01. The lowest BCUT2D eigenvalue weighted by Gasteiger charge is -2.15. The van der Waals surface area contributed by atoms with Gasteiger partial charge in [0.2, 0.25) is 0 Å². The van der Waals surface area contributed by atoms with Gasteiger partial charge in [-0.1, -0.05) is 22.9 Å². The largest absolute Gasteiger partial charge is 0.351 e. The highest BCUT2D eigenvalue weighted by molar-refractivity contribution is 9.09. The molecule has 0 amide bonds. The maximum absolute atomic E-state index is 4.22. The van der Waals surface area contributed by atoms with Crippen LogP contribution in [0.25, 0.3) is 0 Å². The van der Waals surface area contributed by atoms with Gasteiger partial charge in [-0.15, -0.1) is 11.3 Å². The van der Waals surface area contributed by atoms with Crippen LogP contribution in [0.15, 0.2) is 11.6 Å². The zero-order valence-corrected chi connectivity index (χ0v) is 9.73. The zero-order chi connectivity index (χ0) is 8.97. The summed E-state index contributed by atoms with van der Waals surface area (Å²) in [4.78, 5) is 6.99. The molecule has 0 radical (unpaired) electrons. The van der Waals surface area contributed by atoms with Crippen molar-refractivity contribution in [1.82, 2.24) is 4.98 Å². The molecule has 1 heterocycles. The summed E-state index contributed by atoms with van der Waals surface area (Å²) in [6.07, 6.45) is 2.99. The molecule has 0 aliphatic carbocycles. The summed E-state index contributed by atoms with van der Waals surface area (Å²) < 4.78 is 0. The van der Waals surface area contributed by atoms with Gasteiger partial charge in [0, 0.05) is 30.0 Å². The number of halogens is 1. The van der Waals surface area contributed by atoms with Crippen LogP contribution < -0.4 is 4.90 Å². The van der Waals surface area contributed by atoms with Crippen LogP contribution in [-0.2, 0) is 0 Å². The first kappa shape index (κ1) is 9.99. The van der Waals surface area contributed by atoms with E-state index in [1.165, 1.54) is 0 Å². The maximum Gasteiger partial charge on any atom is 0.184 e. The predicted molar refractivity (Wildman–Crippen MR) is 58.4 cm³/mol. The molecule has 1 atom stereocenters. The Hall–Kier alpha value is -0.0900. The molecule has 68 valence electrons. The van der Waals surface area contributed by atoms with E-state index in [1.54, 1.807) is 11.3 Å². The highest BCUT2D eigenvalue weighted by Gasteiger charge is 2.03. The van der Waals surface area contributed by atoms with Crippen LogP contribution in [0.3, 0.4) is 0 Å². The number of hydrogen-bond donors (Lipinski definition) is 0. The van der Waals surface area contributed by atoms with Crippen LogP contribution in [0.1, 0.15) is 13.3 Å². The van der Waals surface area contributed by atoms with E-state index in [9.17, 15) is 0 Å². The van der Waals surface area contributed by atoms with E-state index in [2.05, 4.69) is 39.8 Å². The van der Waals surface area contributed by atoms with E-state index in [1.807, 2.05) is 11.6 Å². The molecule has 0 saturated heterocycles. The first-order valence-electron chi connectivity index (χ1n) is 3.95. The normalized spacial score (nSPS) is 12.9. The first-order chi connectivity index (χ1) is 5.70. The van der Waals surface area contributed by atoms with E-state index in [4.69, 9.17) is 0 Å². The van der Waals surface area contributed by atoms with Gasteiger partial charge in [0.25, 0.3) is 0 Å². The number of thiazole rings is 1. The molecule has 1 aromatic heterocycles. The molecule has 1 aromatic rings. The molecule has 4 heteroatoms. The van der Waals surface area contributed by atoms with Gasteiger partial charge in [-0.05, 0) is 6.42 Å². The van der Waals surface area contributed by atoms with E-state index in [-0.39, 0.29) is 0 Å². The fraction of sp³-hybridized carbons (Fsp3) is 0.625. The third-order valence-corrected chi connectivity index (χ3v) is 2.95. The lowest BCUT2D eigenvalue weighted by molar-refractivity contribution is 0.785. The number of hydrogen-bond acceptors (Lipinski definition) is 3. The van der Waals surface area contributed by atoms with Gasteiger partial charge in [-0.3, -0.25) is 0 Å². The lowest BCUT2D eigenvalue weighted by Crippen LogP contribution is -2.19. The quantitative estimate of drug-likeness (QED) is 0.763. The van der Waals surface area contributed by atoms with E-state index in [0.29, 0.717) is 4.83 Å². The van der Waals surface area contributed by atoms with Crippen molar-refractivity contribution in [2.75, 3.05) is 18.5 Å². The third-order valence-electron chi connectivity index (χ3n) is 1.61. The summed E-state index contributed by atoms with van der Waals surface area (Å²) in [5, 5.41) is 3.10. The van der Waals surface area contributed by atoms with E-state index >= 15 is 0 Å². The predicted octanol–water partition coefficient (Wildman–Crippen LogP) is 2.75. The Bertz CT molecular complexity index is 211. The van der Waals surface area contributed by atoms with Crippen LogP contribution in [0.5, 0.6) is 0 Å². The van der Waals surface area contributed by atoms with E-state index < -0.39 is 0 Å². The number of rotatable bonds is 4. The lowest BCUT2D eigenvalue weighted by atomic mass is 10.3. The Balaban J connectivity index is 2.34. The molecule has 2 nitrogen and oxygen atoms in total. The monoisotopic (exact) mass is 248 g/mol. The van der Waals surface area contributed by atoms with Crippen molar-refractivity contribution < 1.29 is 0 Å². The summed E-state index contributed by atoms with van der Waals surface area (Å²) in [6, 6.07) is 0. The summed E-state index contributed by atoms with van der Waals surface area (Å²) in [5.74, 6) is 0. The SMILES string of the molecule is CC(Br)CCN(C)c1nccs1. The molecule has 0 spiro atoms. The minimum atomic E-state index is 0.583. The topological polar surface area (TPSA) is 16.1 Å². The second-order valence-electron chi connectivity index (χ2n) is 2.81. The first-order valence-corrected chi connectivity index (χ1v) is 5.74. The number of nitrogens with zero attached hydrogens (tertiary/aromatic N) is 2. The minimum absolute atomic E-state index is 0.583. The molecule has 0 bridgehead atoms. The van der Waals surface area contributed by atoms with Gasteiger partial charge in [-0.2, -0.15) is 0 Å². The van der Waals surface area contributed by atoms with Crippen LogP contribution in [0.2, 0.25) is 0 Å². The average Bonchev–Trinajstić information content (AvgIpc) is 2.51. The van der Waals surface area contributed by atoms with Gasteiger partial charge in [0.05, 0.1) is 0 Å². The second-order valence-corrected chi connectivity index (χ2v) is 5.24. The molecule has 1 rings (SSSR count). The van der Waals surface area contributed by atoms with Crippen LogP contribution >= 0.6 is 27.3 Å². The van der Waals surface area contributed by atoms with Crippen molar-refractivity contribution in [3.8, 4) is 0 Å². The highest BCUT2D eigenvalue weighted by atomic mass is 79.9. The van der Waals surface area contributed by atoms with Gasteiger partial charge in [0.1, 0.15) is 0 Å². The van der Waals surface area contributed by atoms with Crippen LogP contribution in [-0.4, -0.2) is 23.4 Å². The molecular weight excluding hydrogens is 236 g/mol. The smallest absolute Gasteiger partial charge is 0.184 e. The summed E-state index contributed by atoms with van der Waals surface area (Å²) in [5.41, 5.74) is 0. The van der Waals surface area contributed by atoms with Crippen molar-refractivity contribution in [3.63, 3.8) is 0 Å². The summed E-state index contributed by atoms with van der Waals surface area (Å²) >= 11 is 5.20. The van der Waals surface area contributed by atoms with Gasteiger partial charge < -0.3 is 4.90 Å². The van der Waals surface area contributed by atoms with Crippen LogP contribution in [0, 0.1) is 0 Å². The zero-order valence-electron chi connectivity index (χ0n) is 7.33. The molecule has 12 heavy (non-hydrogen) atoms. The molecular formula is C8H13BrN2S. The number of aromatic nitrogens is 1. The average molecular weight is 249 g/mol. The van der Waals surface area contributed by atoms with Gasteiger partial charge >= 0.3 is 0 Å². The van der Waals surface area contributed by atoms with Crippen molar-refractivity contribution in [3.05, 3.63) is 11.6 Å². The third kappa shape index (κ3) is 3.11. The molecule has 1 unspecified atom stereocenters. The molecule has 0 N–H and O–H groups in total. The maximum atomic E-state index is 4.22. The van der Waals surface area contributed by atoms with Crippen molar-refractivity contribution in [1.29, 1.82) is 0 Å². The number of alkyl halides is 1. The fourth-order valence-electron chi connectivity index (χ4n) is 0.872. The van der Waals surface area contributed by atoms with Crippen LogP contribution in [0.4, 0.5) is 5.13 Å². The van der Waals surface area contributed by atoms with Crippen molar-refractivity contribution in [2.45, 2.75) is 18.2 Å². The van der Waals surface area contributed by atoms with Gasteiger partial charge in [0.15, 0.2) is 5.13 Å². The fourth-order valence-corrected chi connectivity index (χ4v) is 1.71. The minimum Gasteiger partial charge on any atom is -0.351 e. The molecule has 0 aromatic carbocycles. The number of anilines is 1. The van der Waals surface area contributed by atoms with E-state index in [0.717, 1.165) is 18.1 Å². The summed E-state index contributed by atoms with van der Waals surface area (Å²) in [7, 11) is 2.08. The Morgan fingerprint density at radius 3 is 3.00 bits per heavy atom. The van der Waals surface area contributed by atoms with Crippen molar-refractivity contribution >= 4 is 32.4 Å². The van der Waals surface area contributed by atoms with Gasteiger partial charge in [-0.25, -0.2) is 4.98 Å². The molecule has 0 saturated carbocycles. The Morgan fingerprint density at radius 1 is 1.75 bits per heavy atom. The van der Waals surface area contributed by atoms with Crippen molar-refractivity contribution in [2.24, 2.45) is 0 Å². The second kappa shape index (κ2) is 4.82. The standard InChI is InChI=1S/C8H13BrN2S/c1-7(9)3-5-11(2)8-10-4-6-12-8/h4,6-7H,3,5H2,1-2H3. The molecule has 0 fully saturated rings. The Morgan fingerprint density at radius 2 is 2.50 bits per heavy atom. The highest BCUT2D eigenvalue weighted by Crippen LogP contribution is 2.16. The molecule has 0 aliphatic rings. The summed E-state index contributed by atoms with van der Waals surface area (Å²) in [6.45, 7) is 3.22.